The third-order valence-corrected chi connectivity index (χ3v) is 4.79. The first kappa shape index (κ1) is 20.2. The Hall–Kier alpha value is -2.49. The van der Waals surface area contributed by atoms with Gasteiger partial charge in [0.15, 0.2) is 11.5 Å². The van der Waals surface area contributed by atoms with E-state index in [1.54, 1.807) is 0 Å². The summed E-state index contributed by atoms with van der Waals surface area (Å²) in [7, 11) is 0. The van der Waals surface area contributed by atoms with Crippen LogP contribution in [0.1, 0.15) is 29.2 Å². The summed E-state index contributed by atoms with van der Waals surface area (Å²) in [6.45, 7) is 6.61. The molecule has 4 heteroatoms. The van der Waals surface area contributed by atoms with Crippen molar-refractivity contribution in [2.45, 2.75) is 33.5 Å². The predicted molar refractivity (Wildman–Crippen MR) is 115 cm³/mol. The molecule has 0 radical (unpaired) electrons. The summed E-state index contributed by atoms with van der Waals surface area (Å²) in [5, 5.41) is 4.21. The molecule has 0 heterocycles. The molecule has 0 atom stereocenters. The van der Waals surface area contributed by atoms with E-state index in [4.69, 9.17) is 21.1 Å². The van der Waals surface area contributed by atoms with Crippen LogP contribution in [-0.2, 0) is 19.7 Å². The largest absolute Gasteiger partial charge is 0.490 e. The molecule has 146 valence electrons. The van der Waals surface area contributed by atoms with Crippen LogP contribution in [0.3, 0.4) is 0 Å². The van der Waals surface area contributed by atoms with Crippen LogP contribution < -0.4 is 14.8 Å². The van der Waals surface area contributed by atoms with E-state index >= 15 is 0 Å². The molecule has 0 aromatic heterocycles. The molecule has 0 aliphatic heterocycles. The monoisotopic (exact) mass is 395 g/mol. The summed E-state index contributed by atoms with van der Waals surface area (Å²) in [5.41, 5.74) is 4.61. The Labute approximate surface area is 172 Å². The lowest BCUT2D eigenvalue weighted by Gasteiger charge is -2.14. The van der Waals surface area contributed by atoms with E-state index in [2.05, 4.69) is 42.6 Å². The zero-order chi connectivity index (χ0) is 19.8. The Morgan fingerprint density at radius 3 is 2.32 bits per heavy atom. The highest BCUT2D eigenvalue weighted by molar-refractivity contribution is 6.31. The van der Waals surface area contributed by atoms with Crippen LogP contribution in [0.4, 0.5) is 0 Å². The van der Waals surface area contributed by atoms with Crippen molar-refractivity contribution < 1.29 is 9.47 Å². The van der Waals surface area contributed by atoms with Gasteiger partial charge in [-0.3, -0.25) is 0 Å². The summed E-state index contributed by atoms with van der Waals surface area (Å²) < 4.78 is 11.8. The highest BCUT2D eigenvalue weighted by Gasteiger charge is 2.08. The van der Waals surface area contributed by atoms with Crippen molar-refractivity contribution in [3.63, 3.8) is 0 Å². The molecule has 0 amide bonds. The van der Waals surface area contributed by atoms with Crippen LogP contribution in [0.2, 0.25) is 5.02 Å². The van der Waals surface area contributed by atoms with Gasteiger partial charge in [-0.2, -0.15) is 0 Å². The number of benzene rings is 3. The lowest BCUT2D eigenvalue weighted by Crippen LogP contribution is -2.13. The van der Waals surface area contributed by atoms with E-state index in [0.29, 0.717) is 13.2 Å². The molecule has 3 aromatic carbocycles. The molecule has 3 aromatic rings. The van der Waals surface area contributed by atoms with Crippen molar-refractivity contribution in [1.29, 1.82) is 0 Å². The maximum Gasteiger partial charge on any atom is 0.161 e. The minimum Gasteiger partial charge on any atom is -0.490 e. The second-order valence-electron chi connectivity index (χ2n) is 6.68. The summed E-state index contributed by atoms with van der Waals surface area (Å²) in [5.74, 6) is 1.53. The van der Waals surface area contributed by atoms with Gasteiger partial charge in [0.05, 0.1) is 6.61 Å². The lowest BCUT2D eigenvalue weighted by atomic mass is 10.1. The number of ether oxygens (including phenoxy) is 2. The van der Waals surface area contributed by atoms with Gasteiger partial charge in [-0.1, -0.05) is 65.7 Å². The molecule has 0 aliphatic carbocycles. The molecule has 1 N–H and O–H groups in total. The zero-order valence-electron chi connectivity index (χ0n) is 16.4. The summed E-state index contributed by atoms with van der Waals surface area (Å²) in [6, 6.07) is 22.3. The third kappa shape index (κ3) is 5.75. The number of nitrogens with one attached hydrogen (secondary N) is 1. The first-order valence-corrected chi connectivity index (χ1v) is 9.91. The van der Waals surface area contributed by atoms with E-state index in [9.17, 15) is 0 Å². The van der Waals surface area contributed by atoms with Gasteiger partial charge < -0.3 is 14.8 Å². The SMILES string of the molecule is CCOc1cc(CNCc2ccccc2Cl)ccc1OCc1ccc(C)cc1. The fourth-order valence-electron chi connectivity index (χ4n) is 2.88. The van der Waals surface area contributed by atoms with Gasteiger partial charge >= 0.3 is 0 Å². The quantitative estimate of drug-likeness (QED) is 0.488. The van der Waals surface area contributed by atoms with Crippen molar-refractivity contribution in [1.82, 2.24) is 5.32 Å². The number of hydrogen-bond donors (Lipinski definition) is 1. The number of halogens is 1. The van der Waals surface area contributed by atoms with Crippen LogP contribution in [0.5, 0.6) is 11.5 Å². The summed E-state index contributed by atoms with van der Waals surface area (Å²) in [6.07, 6.45) is 0. The molecule has 0 aliphatic rings. The van der Waals surface area contributed by atoms with Crippen LogP contribution in [0.25, 0.3) is 0 Å². The Morgan fingerprint density at radius 1 is 0.821 bits per heavy atom. The second-order valence-corrected chi connectivity index (χ2v) is 7.09. The molecule has 3 rings (SSSR count). The lowest BCUT2D eigenvalue weighted by molar-refractivity contribution is 0.269. The van der Waals surface area contributed by atoms with E-state index in [0.717, 1.165) is 46.3 Å². The molecular weight excluding hydrogens is 370 g/mol. The highest BCUT2D eigenvalue weighted by Crippen LogP contribution is 2.29. The first-order chi connectivity index (χ1) is 13.7. The topological polar surface area (TPSA) is 30.5 Å². The average Bonchev–Trinajstić information content (AvgIpc) is 2.70. The average molecular weight is 396 g/mol. The Kier molecular flexibility index (Phi) is 7.35. The van der Waals surface area contributed by atoms with Crippen molar-refractivity contribution in [2.75, 3.05) is 6.61 Å². The molecule has 0 fully saturated rings. The van der Waals surface area contributed by atoms with E-state index < -0.39 is 0 Å². The Balaban J connectivity index is 1.61. The van der Waals surface area contributed by atoms with E-state index in [1.807, 2.05) is 43.3 Å². The molecule has 3 nitrogen and oxygen atoms in total. The summed E-state index contributed by atoms with van der Waals surface area (Å²) in [4.78, 5) is 0. The predicted octanol–water partition coefficient (Wildman–Crippen LogP) is 5.92. The maximum atomic E-state index is 6.21. The smallest absolute Gasteiger partial charge is 0.161 e. The zero-order valence-corrected chi connectivity index (χ0v) is 17.1. The van der Waals surface area contributed by atoms with Crippen LogP contribution in [0, 0.1) is 6.92 Å². The fraction of sp³-hybridized carbons (Fsp3) is 0.250. The number of rotatable bonds is 9. The normalized spacial score (nSPS) is 10.7. The van der Waals surface area contributed by atoms with Crippen molar-refractivity contribution >= 4 is 11.6 Å². The highest BCUT2D eigenvalue weighted by atomic mass is 35.5. The van der Waals surface area contributed by atoms with Crippen molar-refractivity contribution in [3.8, 4) is 11.5 Å². The fourth-order valence-corrected chi connectivity index (χ4v) is 3.08. The van der Waals surface area contributed by atoms with Gasteiger partial charge in [0.25, 0.3) is 0 Å². The van der Waals surface area contributed by atoms with E-state index in [-0.39, 0.29) is 0 Å². The number of aryl methyl sites for hydroxylation is 1. The molecule has 0 unspecified atom stereocenters. The summed E-state index contributed by atoms with van der Waals surface area (Å²) >= 11 is 6.21. The first-order valence-electron chi connectivity index (χ1n) is 9.54. The molecule has 28 heavy (non-hydrogen) atoms. The number of hydrogen-bond acceptors (Lipinski definition) is 3. The van der Waals surface area contributed by atoms with Crippen LogP contribution >= 0.6 is 11.6 Å². The van der Waals surface area contributed by atoms with Crippen molar-refractivity contribution in [3.05, 3.63) is 94.0 Å². The van der Waals surface area contributed by atoms with Gasteiger partial charge in [0.2, 0.25) is 0 Å². The minimum absolute atomic E-state index is 0.518. The molecule has 0 bridgehead atoms. The van der Waals surface area contributed by atoms with Gasteiger partial charge in [0, 0.05) is 18.1 Å². The standard InChI is InChI=1S/C24H26ClNO2/c1-3-27-24-14-20(15-26-16-21-6-4-5-7-22(21)25)12-13-23(24)28-17-19-10-8-18(2)9-11-19/h4-14,26H,3,15-17H2,1-2H3. The molecular formula is C24H26ClNO2. The van der Waals surface area contributed by atoms with Crippen molar-refractivity contribution in [2.24, 2.45) is 0 Å². The van der Waals surface area contributed by atoms with Gasteiger partial charge in [-0.05, 0) is 48.7 Å². The molecule has 0 spiro atoms. The van der Waals surface area contributed by atoms with E-state index in [1.165, 1.54) is 5.56 Å². The van der Waals surface area contributed by atoms with Crippen LogP contribution in [0.15, 0.2) is 66.7 Å². The molecule has 0 saturated carbocycles. The second kappa shape index (κ2) is 10.2. The third-order valence-electron chi connectivity index (χ3n) is 4.43. The van der Waals surface area contributed by atoms with Gasteiger partial charge in [-0.25, -0.2) is 0 Å². The molecule has 0 saturated heterocycles. The minimum atomic E-state index is 0.518. The van der Waals surface area contributed by atoms with Gasteiger partial charge in [0.1, 0.15) is 6.61 Å². The Morgan fingerprint density at radius 2 is 1.57 bits per heavy atom. The van der Waals surface area contributed by atoms with Gasteiger partial charge in [-0.15, -0.1) is 0 Å². The Bertz CT molecular complexity index is 893. The maximum absolute atomic E-state index is 6.21. The van der Waals surface area contributed by atoms with Crippen LogP contribution in [-0.4, -0.2) is 6.61 Å².